The average molecular weight is 129 g/mol. The van der Waals surface area contributed by atoms with Gasteiger partial charge in [-0.25, -0.2) is 0 Å². The highest BCUT2D eigenvalue weighted by atomic mass is 35.7. The van der Waals surface area contributed by atoms with Gasteiger partial charge in [-0.05, 0) is 17.1 Å². The summed E-state index contributed by atoms with van der Waals surface area (Å²) in [6, 6.07) is 0. The minimum Gasteiger partial charge on any atom is -0.251 e. The second kappa shape index (κ2) is 5.57. The summed E-state index contributed by atoms with van der Waals surface area (Å²) in [4.78, 5) is 0. The standard InChI is InChI=1S/C3H6ClFS/c4-6-3-1-2-5/h1-3H2. The van der Waals surface area contributed by atoms with Crippen LogP contribution in [0.25, 0.3) is 0 Å². The Morgan fingerprint density at radius 1 is 1.67 bits per heavy atom. The van der Waals surface area contributed by atoms with Crippen molar-refractivity contribution in [2.45, 2.75) is 6.42 Å². The van der Waals surface area contributed by atoms with E-state index in [1.54, 1.807) is 0 Å². The van der Waals surface area contributed by atoms with E-state index in [-0.39, 0.29) is 6.67 Å². The monoisotopic (exact) mass is 128 g/mol. The average Bonchev–Trinajstić information content (AvgIpc) is 1.61. The first-order valence-electron chi connectivity index (χ1n) is 1.71. The van der Waals surface area contributed by atoms with Gasteiger partial charge in [0.05, 0.1) is 6.67 Å². The van der Waals surface area contributed by atoms with E-state index in [0.717, 1.165) is 16.7 Å². The highest BCUT2D eigenvalue weighted by Gasteiger charge is 1.80. The molecule has 0 fully saturated rings. The van der Waals surface area contributed by atoms with E-state index in [1.807, 2.05) is 0 Å². The zero-order valence-electron chi connectivity index (χ0n) is 3.29. The predicted molar refractivity (Wildman–Crippen MR) is 28.9 cm³/mol. The summed E-state index contributed by atoms with van der Waals surface area (Å²) in [5.41, 5.74) is 0. The summed E-state index contributed by atoms with van der Waals surface area (Å²) in [5.74, 6) is 0.720. The van der Waals surface area contributed by atoms with Gasteiger partial charge in [-0.15, -0.1) is 0 Å². The Kier molecular flexibility index (Phi) is 6.10. The first-order chi connectivity index (χ1) is 2.91. The first-order valence-corrected chi connectivity index (χ1v) is 3.52. The molecule has 0 aliphatic heterocycles. The van der Waals surface area contributed by atoms with Crippen molar-refractivity contribution in [1.29, 1.82) is 0 Å². The van der Waals surface area contributed by atoms with Crippen LogP contribution in [-0.2, 0) is 0 Å². The molecule has 0 aliphatic rings. The van der Waals surface area contributed by atoms with E-state index in [9.17, 15) is 4.39 Å². The predicted octanol–water partition coefficient (Wildman–Crippen LogP) is 2.23. The van der Waals surface area contributed by atoms with Crippen LogP contribution in [0.15, 0.2) is 0 Å². The lowest BCUT2D eigenvalue weighted by Gasteiger charge is -1.81. The van der Waals surface area contributed by atoms with Crippen LogP contribution < -0.4 is 0 Å². The Balaban J connectivity index is 2.34. The molecule has 0 saturated carbocycles. The molecule has 0 aliphatic carbocycles. The van der Waals surface area contributed by atoms with Crippen molar-refractivity contribution < 1.29 is 4.39 Å². The second-order valence-corrected chi connectivity index (χ2v) is 2.14. The first kappa shape index (κ1) is 6.57. The summed E-state index contributed by atoms with van der Waals surface area (Å²) in [6.45, 7) is -0.250. The van der Waals surface area contributed by atoms with Crippen molar-refractivity contribution in [2.24, 2.45) is 0 Å². The second-order valence-electron chi connectivity index (χ2n) is 0.856. The molecule has 38 valence electrons. The van der Waals surface area contributed by atoms with E-state index in [4.69, 9.17) is 10.7 Å². The summed E-state index contributed by atoms with van der Waals surface area (Å²) < 4.78 is 11.1. The van der Waals surface area contributed by atoms with Crippen molar-refractivity contribution in [2.75, 3.05) is 12.4 Å². The summed E-state index contributed by atoms with van der Waals surface area (Å²) in [6.07, 6.45) is 0.578. The molecule has 0 atom stereocenters. The lowest BCUT2D eigenvalue weighted by Crippen LogP contribution is -1.74. The molecule has 0 unspecified atom stereocenters. The Morgan fingerprint density at radius 2 is 2.33 bits per heavy atom. The third-order valence-electron chi connectivity index (χ3n) is 0.355. The maximum absolute atomic E-state index is 11.1. The molecule has 0 aromatic heterocycles. The molecular formula is C3H6ClFS. The molecule has 0 bridgehead atoms. The van der Waals surface area contributed by atoms with Crippen LogP contribution >= 0.6 is 21.7 Å². The van der Waals surface area contributed by atoms with Gasteiger partial charge in [0, 0.05) is 5.75 Å². The highest BCUT2D eigenvalue weighted by molar-refractivity contribution is 8.21. The molecule has 0 spiro atoms. The SMILES string of the molecule is FCCCSCl. The zero-order valence-corrected chi connectivity index (χ0v) is 4.86. The van der Waals surface area contributed by atoms with Crippen molar-refractivity contribution in [1.82, 2.24) is 0 Å². The Morgan fingerprint density at radius 3 is 2.50 bits per heavy atom. The molecule has 0 heterocycles. The minimum absolute atomic E-state index is 0.250. The van der Waals surface area contributed by atoms with Gasteiger partial charge in [-0.2, -0.15) is 0 Å². The largest absolute Gasteiger partial charge is 0.251 e. The third kappa shape index (κ3) is 4.57. The molecular weight excluding hydrogens is 123 g/mol. The van der Waals surface area contributed by atoms with Crippen LogP contribution in [0.1, 0.15) is 6.42 Å². The molecule has 0 nitrogen and oxygen atoms in total. The smallest absolute Gasteiger partial charge is 0.0902 e. The van der Waals surface area contributed by atoms with Gasteiger partial charge in [-0.3, -0.25) is 4.39 Å². The van der Waals surface area contributed by atoms with Gasteiger partial charge in [0.25, 0.3) is 0 Å². The van der Waals surface area contributed by atoms with Gasteiger partial charge in [-0.1, -0.05) is 11.0 Å². The fourth-order valence-electron chi connectivity index (χ4n) is 0.109. The molecule has 0 aromatic carbocycles. The molecule has 6 heavy (non-hydrogen) atoms. The summed E-state index contributed by atoms with van der Waals surface area (Å²) in [7, 11) is 6.29. The van der Waals surface area contributed by atoms with Crippen LogP contribution in [0.5, 0.6) is 0 Å². The molecule has 3 heteroatoms. The zero-order chi connectivity index (χ0) is 4.83. The highest BCUT2D eigenvalue weighted by Crippen LogP contribution is 2.06. The van der Waals surface area contributed by atoms with E-state index in [1.165, 1.54) is 0 Å². The van der Waals surface area contributed by atoms with Crippen molar-refractivity contribution in [3.05, 3.63) is 0 Å². The molecule has 0 saturated heterocycles. The lowest BCUT2D eigenvalue weighted by molar-refractivity contribution is 0.489. The van der Waals surface area contributed by atoms with Gasteiger partial charge in [0.15, 0.2) is 0 Å². The van der Waals surface area contributed by atoms with E-state index in [2.05, 4.69) is 0 Å². The number of hydrogen-bond acceptors (Lipinski definition) is 1. The fourth-order valence-corrected chi connectivity index (χ4v) is 0.655. The minimum atomic E-state index is -0.250. The maximum atomic E-state index is 11.1. The van der Waals surface area contributed by atoms with Crippen molar-refractivity contribution in [3.8, 4) is 0 Å². The third-order valence-corrected chi connectivity index (χ3v) is 1.26. The Labute approximate surface area is 45.6 Å². The van der Waals surface area contributed by atoms with Crippen LogP contribution in [0.3, 0.4) is 0 Å². The van der Waals surface area contributed by atoms with Crippen LogP contribution in [0.2, 0.25) is 0 Å². The van der Waals surface area contributed by atoms with E-state index < -0.39 is 0 Å². The molecule has 0 rings (SSSR count). The fraction of sp³-hybridized carbons (Fsp3) is 1.00. The van der Waals surface area contributed by atoms with Crippen LogP contribution in [-0.4, -0.2) is 12.4 Å². The molecule has 0 N–H and O–H groups in total. The molecule has 0 aromatic rings. The van der Waals surface area contributed by atoms with Gasteiger partial charge < -0.3 is 0 Å². The van der Waals surface area contributed by atoms with Crippen LogP contribution in [0.4, 0.5) is 4.39 Å². The summed E-state index contributed by atoms with van der Waals surface area (Å²) >= 11 is 0. The topological polar surface area (TPSA) is 0 Å². The lowest BCUT2D eigenvalue weighted by atomic mass is 10.6. The number of rotatable bonds is 3. The molecule has 0 amide bonds. The summed E-state index contributed by atoms with van der Waals surface area (Å²) in [5, 5.41) is 0. The van der Waals surface area contributed by atoms with E-state index >= 15 is 0 Å². The quantitative estimate of drug-likeness (QED) is 0.526. The van der Waals surface area contributed by atoms with Crippen LogP contribution in [0, 0.1) is 0 Å². The Bertz CT molecular complexity index is 22.8. The number of hydrogen-bond donors (Lipinski definition) is 0. The maximum Gasteiger partial charge on any atom is 0.0902 e. The van der Waals surface area contributed by atoms with Gasteiger partial charge in [0.1, 0.15) is 0 Å². The molecule has 0 radical (unpaired) electrons. The number of halogens is 2. The normalized spacial score (nSPS) is 9.00. The van der Waals surface area contributed by atoms with Gasteiger partial charge in [0.2, 0.25) is 0 Å². The van der Waals surface area contributed by atoms with E-state index in [0.29, 0.717) is 6.42 Å². The Hall–Kier alpha value is 0.570. The number of alkyl halides is 1. The van der Waals surface area contributed by atoms with Crippen molar-refractivity contribution >= 4 is 21.7 Å². The van der Waals surface area contributed by atoms with Crippen molar-refractivity contribution in [3.63, 3.8) is 0 Å². The van der Waals surface area contributed by atoms with Gasteiger partial charge >= 0.3 is 0 Å².